The maximum Gasteiger partial charge on any atom is 0.0547 e. The summed E-state index contributed by atoms with van der Waals surface area (Å²) in [5, 5.41) is 0. The molecule has 0 saturated carbocycles. The molecular formula is C8H20N2. The van der Waals surface area contributed by atoms with Gasteiger partial charge in [-0.3, -0.25) is 4.90 Å². The Hall–Kier alpha value is -0.0800. The molecule has 0 aromatic rings. The minimum absolute atomic E-state index is 0.167. The van der Waals surface area contributed by atoms with Crippen LogP contribution in [-0.2, 0) is 0 Å². The predicted molar refractivity (Wildman–Crippen MR) is 45.8 cm³/mol. The summed E-state index contributed by atoms with van der Waals surface area (Å²) >= 11 is 0. The maximum atomic E-state index is 5.76. The van der Waals surface area contributed by atoms with Crippen molar-refractivity contribution in [3.63, 3.8) is 0 Å². The maximum absolute atomic E-state index is 5.76. The Kier molecular flexibility index (Phi) is 3.91. The van der Waals surface area contributed by atoms with Crippen LogP contribution >= 0.6 is 0 Å². The summed E-state index contributed by atoms with van der Waals surface area (Å²) in [5.41, 5.74) is 5.76. The second-order valence-corrected chi connectivity index (χ2v) is 3.38. The molecule has 0 heterocycles. The zero-order valence-electron chi connectivity index (χ0n) is 7.76. The van der Waals surface area contributed by atoms with Crippen molar-refractivity contribution in [2.45, 2.75) is 52.9 Å². The van der Waals surface area contributed by atoms with Crippen LogP contribution in [0.4, 0.5) is 0 Å². The molecule has 1 atom stereocenters. The lowest BCUT2D eigenvalue weighted by Gasteiger charge is -2.33. The number of hydrogen-bond donors (Lipinski definition) is 1. The van der Waals surface area contributed by atoms with E-state index in [1.54, 1.807) is 0 Å². The van der Waals surface area contributed by atoms with Crippen LogP contribution in [0.15, 0.2) is 0 Å². The molecule has 1 unspecified atom stereocenters. The molecule has 0 rings (SSSR count). The van der Waals surface area contributed by atoms with Gasteiger partial charge in [-0.15, -0.1) is 0 Å². The lowest BCUT2D eigenvalue weighted by molar-refractivity contribution is 0.126. The Morgan fingerprint density at radius 3 is 1.20 bits per heavy atom. The molecule has 2 heteroatoms. The van der Waals surface area contributed by atoms with E-state index in [-0.39, 0.29) is 6.17 Å². The van der Waals surface area contributed by atoms with Crippen molar-refractivity contribution in [2.75, 3.05) is 0 Å². The van der Waals surface area contributed by atoms with Gasteiger partial charge in [-0.25, -0.2) is 0 Å². The van der Waals surface area contributed by atoms with Crippen molar-refractivity contribution in [3.05, 3.63) is 0 Å². The first kappa shape index (κ1) is 9.92. The molecule has 0 aromatic carbocycles. The van der Waals surface area contributed by atoms with E-state index in [1.165, 1.54) is 0 Å². The molecular weight excluding hydrogens is 124 g/mol. The molecule has 2 nitrogen and oxygen atoms in total. The summed E-state index contributed by atoms with van der Waals surface area (Å²) in [6, 6.07) is 1.08. The Morgan fingerprint density at radius 2 is 1.20 bits per heavy atom. The number of hydrogen-bond acceptors (Lipinski definition) is 2. The fraction of sp³-hybridized carbons (Fsp3) is 1.00. The normalized spacial score (nSPS) is 15.3. The van der Waals surface area contributed by atoms with E-state index in [2.05, 4.69) is 32.6 Å². The lowest BCUT2D eigenvalue weighted by Crippen LogP contribution is -2.47. The SMILES string of the molecule is CC(C)N(C(C)C)C(C)N. The average molecular weight is 144 g/mol. The molecule has 62 valence electrons. The van der Waals surface area contributed by atoms with Gasteiger partial charge in [-0.05, 0) is 34.6 Å². The van der Waals surface area contributed by atoms with Gasteiger partial charge in [0.2, 0.25) is 0 Å². The van der Waals surface area contributed by atoms with E-state index in [4.69, 9.17) is 5.73 Å². The molecule has 0 saturated heterocycles. The van der Waals surface area contributed by atoms with E-state index in [1.807, 2.05) is 6.92 Å². The average Bonchev–Trinajstić information content (AvgIpc) is 1.59. The molecule has 0 bridgehead atoms. The fourth-order valence-electron chi connectivity index (χ4n) is 1.54. The highest BCUT2D eigenvalue weighted by atomic mass is 15.2. The Morgan fingerprint density at radius 1 is 0.900 bits per heavy atom. The molecule has 0 amide bonds. The van der Waals surface area contributed by atoms with Gasteiger partial charge in [-0.1, -0.05) is 0 Å². The van der Waals surface area contributed by atoms with Crippen LogP contribution in [0, 0.1) is 0 Å². The lowest BCUT2D eigenvalue weighted by atomic mass is 10.2. The van der Waals surface area contributed by atoms with E-state index in [0.717, 1.165) is 0 Å². The van der Waals surface area contributed by atoms with Crippen LogP contribution in [0.1, 0.15) is 34.6 Å². The van der Waals surface area contributed by atoms with Crippen molar-refractivity contribution >= 4 is 0 Å². The topological polar surface area (TPSA) is 29.3 Å². The Labute approximate surface area is 64.4 Å². The molecule has 2 N–H and O–H groups in total. The van der Waals surface area contributed by atoms with Crippen LogP contribution in [0.25, 0.3) is 0 Å². The molecule has 10 heavy (non-hydrogen) atoms. The minimum Gasteiger partial charge on any atom is -0.316 e. The second kappa shape index (κ2) is 3.94. The molecule has 0 radical (unpaired) electrons. The first-order chi connectivity index (χ1) is 4.46. The van der Waals surface area contributed by atoms with Crippen molar-refractivity contribution < 1.29 is 0 Å². The molecule has 0 aliphatic rings. The Balaban J connectivity index is 3.98. The van der Waals surface area contributed by atoms with Gasteiger partial charge in [0.25, 0.3) is 0 Å². The van der Waals surface area contributed by atoms with Crippen LogP contribution in [-0.4, -0.2) is 23.1 Å². The van der Waals surface area contributed by atoms with Crippen LogP contribution < -0.4 is 5.73 Å². The van der Waals surface area contributed by atoms with Gasteiger partial charge in [0.15, 0.2) is 0 Å². The van der Waals surface area contributed by atoms with Crippen LogP contribution in [0.3, 0.4) is 0 Å². The standard InChI is InChI=1S/C8H20N2/c1-6(2)10(7(3)4)8(5)9/h6-8H,9H2,1-5H3. The highest BCUT2D eigenvalue weighted by molar-refractivity contribution is 4.69. The van der Waals surface area contributed by atoms with Crippen molar-refractivity contribution in [3.8, 4) is 0 Å². The summed E-state index contributed by atoms with van der Waals surface area (Å²) < 4.78 is 0. The predicted octanol–water partition coefficient (Wildman–Crippen LogP) is 1.41. The van der Waals surface area contributed by atoms with Crippen LogP contribution in [0.2, 0.25) is 0 Å². The summed E-state index contributed by atoms with van der Waals surface area (Å²) in [6.07, 6.45) is 0.167. The summed E-state index contributed by atoms with van der Waals surface area (Å²) in [4.78, 5) is 2.28. The van der Waals surface area contributed by atoms with Crippen molar-refractivity contribution in [1.82, 2.24) is 4.90 Å². The zero-order chi connectivity index (χ0) is 8.31. The molecule has 0 fully saturated rings. The molecule has 0 aromatic heterocycles. The van der Waals surface area contributed by atoms with Crippen molar-refractivity contribution in [2.24, 2.45) is 5.73 Å². The first-order valence-corrected chi connectivity index (χ1v) is 3.99. The monoisotopic (exact) mass is 144 g/mol. The van der Waals surface area contributed by atoms with Gasteiger partial charge in [0.05, 0.1) is 6.17 Å². The molecule has 0 aliphatic carbocycles. The second-order valence-electron chi connectivity index (χ2n) is 3.38. The summed E-state index contributed by atoms with van der Waals surface area (Å²) in [5.74, 6) is 0. The number of nitrogens with two attached hydrogens (primary N) is 1. The van der Waals surface area contributed by atoms with E-state index in [9.17, 15) is 0 Å². The molecule has 0 spiro atoms. The highest BCUT2D eigenvalue weighted by Crippen LogP contribution is 2.06. The van der Waals surface area contributed by atoms with Gasteiger partial charge in [0, 0.05) is 12.1 Å². The summed E-state index contributed by atoms with van der Waals surface area (Å²) in [6.45, 7) is 10.7. The third kappa shape index (κ3) is 2.67. The van der Waals surface area contributed by atoms with Crippen molar-refractivity contribution in [1.29, 1.82) is 0 Å². The van der Waals surface area contributed by atoms with E-state index < -0.39 is 0 Å². The third-order valence-corrected chi connectivity index (χ3v) is 1.66. The fourth-order valence-corrected chi connectivity index (χ4v) is 1.54. The van der Waals surface area contributed by atoms with Gasteiger partial charge in [-0.2, -0.15) is 0 Å². The van der Waals surface area contributed by atoms with E-state index in [0.29, 0.717) is 12.1 Å². The number of nitrogens with zero attached hydrogens (tertiary/aromatic N) is 1. The quantitative estimate of drug-likeness (QED) is 0.607. The zero-order valence-corrected chi connectivity index (χ0v) is 7.76. The van der Waals surface area contributed by atoms with Gasteiger partial charge in [0.1, 0.15) is 0 Å². The largest absolute Gasteiger partial charge is 0.316 e. The van der Waals surface area contributed by atoms with Gasteiger partial charge < -0.3 is 5.73 Å². The van der Waals surface area contributed by atoms with Gasteiger partial charge >= 0.3 is 0 Å². The third-order valence-electron chi connectivity index (χ3n) is 1.66. The minimum atomic E-state index is 0.167. The van der Waals surface area contributed by atoms with E-state index >= 15 is 0 Å². The summed E-state index contributed by atoms with van der Waals surface area (Å²) in [7, 11) is 0. The highest BCUT2D eigenvalue weighted by Gasteiger charge is 2.15. The molecule has 0 aliphatic heterocycles. The smallest absolute Gasteiger partial charge is 0.0547 e. The number of rotatable bonds is 3. The first-order valence-electron chi connectivity index (χ1n) is 3.99. The Bertz CT molecular complexity index is 68.2. The van der Waals surface area contributed by atoms with Crippen LogP contribution in [0.5, 0.6) is 0 Å².